The van der Waals surface area contributed by atoms with Crippen LogP contribution in [0.25, 0.3) is 11.0 Å². The summed E-state index contributed by atoms with van der Waals surface area (Å²) >= 11 is 3.46. The Bertz CT molecular complexity index is 574. The van der Waals surface area contributed by atoms with Crippen LogP contribution in [-0.4, -0.2) is 34.1 Å². The van der Waals surface area contributed by atoms with Crippen LogP contribution in [-0.2, 0) is 6.54 Å². The van der Waals surface area contributed by atoms with Crippen LogP contribution in [0.1, 0.15) is 12.8 Å². The highest BCUT2D eigenvalue weighted by molar-refractivity contribution is 9.10. The molecule has 0 spiro atoms. The van der Waals surface area contributed by atoms with Gasteiger partial charge in [0.05, 0.1) is 11.0 Å². The minimum Gasteiger partial charge on any atom is -0.369 e. The van der Waals surface area contributed by atoms with Gasteiger partial charge in [-0.25, -0.2) is 4.98 Å². The van der Waals surface area contributed by atoms with Gasteiger partial charge < -0.3 is 15.2 Å². The van der Waals surface area contributed by atoms with Crippen molar-refractivity contribution in [1.82, 2.24) is 14.5 Å². The van der Waals surface area contributed by atoms with Crippen LogP contribution in [0.5, 0.6) is 0 Å². The lowest BCUT2D eigenvalue weighted by Gasteiger charge is -2.16. The van der Waals surface area contributed by atoms with E-state index in [1.165, 1.54) is 12.8 Å². The third kappa shape index (κ3) is 2.24. The largest absolute Gasteiger partial charge is 0.369 e. The van der Waals surface area contributed by atoms with Crippen molar-refractivity contribution in [1.29, 1.82) is 0 Å². The molecule has 3 rings (SSSR count). The number of aromatic nitrogens is 2. The molecule has 0 saturated heterocycles. The fourth-order valence-electron chi connectivity index (χ4n) is 2.31. The van der Waals surface area contributed by atoms with Gasteiger partial charge >= 0.3 is 0 Å². The lowest BCUT2D eigenvalue weighted by Crippen LogP contribution is -2.25. The maximum Gasteiger partial charge on any atom is 0.201 e. The standard InChI is InChI=1S/C13H17BrN4/c1-17(10-3-4-10)6-7-18-12-5-2-9(14)8-11(12)16-13(18)15/h2,5,8,10H,3-4,6-7H2,1H3,(H2,15,16). The fourth-order valence-corrected chi connectivity index (χ4v) is 2.66. The first-order valence-corrected chi connectivity index (χ1v) is 7.06. The Labute approximate surface area is 115 Å². The highest BCUT2D eigenvalue weighted by atomic mass is 79.9. The maximum atomic E-state index is 6.00. The average molecular weight is 309 g/mol. The third-order valence-corrected chi connectivity index (χ3v) is 4.08. The molecule has 1 aliphatic carbocycles. The molecule has 96 valence electrons. The number of anilines is 1. The number of fused-ring (bicyclic) bond motifs is 1. The Hall–Kier alpha value is -1.07. The lowest BCUT2D eigenvalue weighted by molar-refractivity contribution is 0.311. The number of nitrogen functional groups attached to an aromatic ring is 1. The van der Waals surface area contributed by atoms with Gasteiger partial charge in [-0.2, -0.15) is 0 Å². The zero-order valence-corrected chi connectivity index (χ0v) is 12.0. The second-order valence-electron chi connectivity index (χ2n) is 4.97. The van der Waals surface area contributed by atoms with E-state index >= 15 is 0 Å². The smallest absolute Gasteiger partial charge is 0.201 e. The van der Waals surface area contributed by atoms with Crippen molar-refractivity contribution in [3.05, 3.63) is 22.7 Å². The average Bonchev–Trinajstić information content (AvgIpc) is 3.11. The Morgan fingerprint density at radius 2 is 2.28 bits per heavy atom. The quantitative estimate of drug-likeness (QED) is 0.944. The predicted octanol–water partition coefficient (Wildman–Crippen LogP) is 2.48. The fraction of sp³-hybridized carbons (Fsp3) is 0.462. The molecule has 1 aliphatic rings. The maximum absolute atomic E-state index is 6.00. The summed E-state index contributed by atoms with van der Waals surface area (Å²) in [5.41, 5.74) is 8.06. The van der Waals surface area contributed by atoms with Gasteiger partial charge in [0.2, 0.25) is 5.95 Å². The van der Waals surface area contributed by atoms with E-state index in [-0.39, 0.29) is 0 Å². The Balaban J connectivity index is 1.83. The van der Waals surface area contributed by atoms with Gasteiger partial charge in [-0.3, -0.25) is 0 Å². The first-order chi connectivity index (χ1) is 8.65. The molecule has 1 aromatic carbocycles. The molecule has 0 amide bonds. The summed E-state index contributed by atoms with van der Waals surface area (Å²) in [5, 5.41) is 0. The number of benzene rings is 1. The van der Waals surface area contributed by atoms with Crippen molar-refractivity contribution < 1.29 is 0 Å². The van der Waals surface area contributed by atoms with E-state index in [2.05, 4.69) is 43.5 Å². The van der Waals surface area contributed by atoms with E-state index in [0.717, 1.165) is 34.6 Å². The van der Waals surface area contributed by atoms with Crippen molar-refractivity contribution in [3.63, 3.8) is 0 Å². The molecule has 0 unspecified atom stereocenters. The van der Waals surface area contributed by atoms with Crippen molar-refractivity contribution in [2.75, 3.05) is 19.3 Å². The molecule has 4 nitrogen and oxygen atoms in total. The number of nitrogens with zero attached hydrogens (tertiary/aromatic N) is 3. The van der Waals surface area contributed by atoms with Crippen LogP contribution in [0.4, 0.5) is 5.95 Å². The molecule has 1 saturated carbocycles. The summed E-state index contributed by atoms with van der Waals surface area (Å²) < 4.78 is 3.13. The Morgan fingerprint density at radius 1 is 1.50 bits per heavy atom. The zero-order valence-electron chi connectivity index (χ0n) is 10.4. The second-order valence-corrected chi connectivity index (χ2v) is 5.88. The monoisotopic (exact) mass is 308 g/mol. The van der Waals surface area contributed by atoms with Crippen LogP contribution in [0.3, 0.4) is 0 Å². The molecule has 2 aromatic rings. The molecule has 1 aromatic heterocycles. The van der Waals surface area contributed by atoms with Crippen molar-refractivity contribution in [2.24, 2.45) is 0 Å². The number of likely N-dealkylation sites (N-methyl/N-ethyl adjacent to an activating group) is 1. The SMILES string of the molecule is CN(CCn1c(N)nc2cc(Br)ccc21)C1CC1. The number of nitrogens with two attached hydrogens (primary N) is 1. The van der Waals surface area contributed by atoms with E-state index in [1.807, 2.05) is 12.1 Å². The highest BCUT2D eigenvalue weighted by Gasteiger charge is 2.25. The first-order valence-electron chi connectivity index (χ1n) is 6.26. The van der Waals surface area contributed by atoms with E-state index in [0.29, 0.717) is 5.95 Å². The molecule has 5 heteroatoms. The molecule has 2 N–H and O–H groups in total. The molecule has 1 heterocycles. The van der Waals surface area contributed by atoms with Gasteiger partial charge in [0.15, 0.2) is 0 Å². The number of imidazole rings is 1. The zero-order chi connectivity index (χ0) is 12.7. The molecule has 0 radical (unpaired) electrons. The second kappa shape index (κ2) is 4.55. The van der Waals surface area contributed by atoms with Gasteiger partial charge in [-0.1, -0.05) is 15.9 Å². The van der Waals surface area contributed by atoms with E-state index in [4.69, 9.17) is 5.73 Å². The predicted molar refractivity (Wildman–Crippen MR) is 77.5 cm³/mol. The van der Waals surface area contributed by atoms with Gasteiger partial charge in [-0.05, 0) is 38.1 Å². The lowest BCUT2D eigenvalue weighted by atomic mass is 10.3. The number of hydrogen-bond acceptors (Lipinski definition) is 3. The van der Waals surface area contributed by atoms with Crippen LogP contribution in [0, 0.1) is 0 Å². The molecule has 0 aliphatic heterocycles. The van der Waals surface area contributed by atoms with Crippen LogP contribution in [0.2, 0.25) is 0 Å². The minimum absolute atomic E-state index is 0.604. The minimum atomic E-state index is 0.604. The van der Waals surface area contributed by atoms with Crippen LogP contribution in [0.15, 0.2) is 22.7 Å². The van der Waals surface area contributed by atoms with Crippen molar-refractivity contribution >= 4 is 32.9 Å². The van der Waals surface area contributed by atoms with Gasteiger partial charge in [0.25, 0.3) is 0 Å². The van der Waals surface area contributed by atoms with Crippen LogP contribution < -0.4 is 5.73 Å². The summed E-state index contributed by atoms with van der Waals surface area (Å²) in [6.07, 6.45) is 2.67. The molecule has 0 bridgehead atoms. The van der Waals surface area contributed by atoms with Crippen molar-refractivity contribution in [3.8, 4) is 0 Å². The highest BCUT2D eigenvalue weighted by Crippen LogP contribution is 2.26. The first kappa shape index (κ1) is 12.0. The van der Waals surface area contributed by atoms with Crippen molar-refractivity contribution in [2.45, 2.75) is 25.4 Å². The molecule has 1 fully saturated rings. The summed E-state index contributed by atoms with van der Waals surface area (Å²) in [6, 6.07) is 6.90. The van der Waals surface area contributed by atoms with Gasteiger partial charge in [-0.15, -0.1) is 0 Å². The summed E-state index contributed by atoms with van der Waals surface area (Å²) in [4.78, 5) is 6.81. The number of hydrogen-bond donors (Lipinski definition) is 1. The van der Waals surface area contributed by atoms with Crippen LogP contribution >= 0.6 is 15.9 Å². The number of rotatable bonds is 4. The van der Waals surface area contributed by atoms with Gasteiger partial charge in [0, 0.05) is 23.6 Å². The molecular weight excluding hydrogens is 292 g/mol. The van der Waals surface area contributed by atoms with Gasteiger partial charge in [0.1, 0.15) is 0 Å². The molecule has 0 atom stereocenters. The Kier molecular flexibility index (Phi) is 3.03. The third-order valence-electron chi connectivity index (χ3n) is 3.59. The summed E-state index contributed by atoms with van der Waals surface area (Å²) in [5.74, 6) is 0.604. The normalized spacial score (nSPS) is 15.7. The Morgan fingerprint density at radius 3 is 3.00 bits per heavy atom. The topological polar surface area (TPSA) is 47.1 Å². The molecule has 18 heavy (non-hydrogen) atoms. The number of halogens is 1. The van der Waals surface area contributed by atoms with E-state index < -0.39 is 0 Å². The summed E-state index contributed by atoms with van der Waals surface area (Å²) in [7, 11) is 2.18. The molecular formula is C13H17BrN4. The summed E-state index contributed by atoms with van der Waals surface area (Å²) in [6.45, 7) is 1.92. The van der Waals surface area contributed by atoms with E-state index in [9.17, 15) is 0 Å². The van der Waals surface area contributed by atoms with E-state index in [1.54, 1.807) is 0 Å².